The molecule has 0 amide bonds. The van der Waals surface area contributed by atoms with Crippen LogP contribution >= 0.6 is 0 Å². The van der Waals surface area contributed by atoms with Crippen molar-refractivity contribution in [3.63, 3.8) is 0 Å². The lowest BCUT2D eigenvalue weighted by molar-refractivity contribution is 0.170. The zero-order valence-corrected chi connectivity index (χ0v) is 12.5. The molecule has 21 heavy (non-hydrogen) atoms. The van der Waals surface area contributed by atoms with Crippen LogP contribution in [0.1, 0.15) is 29.7 Å². The van der Waals surface area contributed by atoms with Crippen molar-refractivity contribution in [1.29, 1.82) is 0 Å². The molecule has 0 aliphatic heterocycles. The summed E-state index contributed by atoms with van der Waals surface area (Å²) in [5, 5.41) is 13.5. The van der Waals surface area contributed by atoms with E-state index in [1.807, 2.05) is 44.2 Å². The molecule has 2 unspecified atom stereocenters. The molecule has 0 radical (unpaired) electrons. The molecule has 0 bridgehead atoms. The molecule has 0 aliphatic carbocycles. The number of aryl methyl sites for hydroxylation is 1. The van der Waals surface area contributed by atoms with Crippen molar-refractivity contribution in [2.75, 3.05) is 6.54 Å². The summed E-state index contributed by atoms with van der Waals surface area (Å²) in [7, 11) is 0. The van der Waals surface area contributed by atoms with Gasteiger partial charge >= 0.3 is 0 Å². The van der Waals surface area contributed by atoms with Crippen molar-refractivity contribution >= 4 is 0 Å². The van der Waals surface area contributed by atoms with Gasteiger partial charge in [-0.2, -0.15) is 0 Å². The van der Waals surface area contributed by atoms with Crippen LogP contribution in [0.3, 0.4) is 0 Å². The van der Waals surface area contributed by atoms with Crippen LogP contribution in [0.5, 0.6) is 0 Å². The number of halogens is 1. The first-order valence-electron chi connectivity index (χ1n) is 7.28. The number of rotatable bonds is 6. The first-order valence-corrected chi connectivity index (χ1v) is 7.28. The molecule has 2 aromatic rings. The molecule has 0 heterocycles. The van der Waals surface area contributed by atoms with Crippen molar-refractivity contribution in [2.45, 2.75) is 32.4 Å². The second kappa shape index (κ2) is 7.34. The van der Waals surface area contributed by atoms with Gasteiger partial charge in [-0.15, -0.1) is 0 Å². The highest BCUT2D eigenvalue weighted by atomic mass is 19.1. The molecule has 0 saturated carbocycles. The summed E-state index contributed by atoms with van der Waals surface area (Å²) < 4.78 is 13.6. The van der Waals surface area contributed by atoms with E-state index in [0.717, 1.165) is 11.1 Å². The van der Waals surface area contributed by atoms with E-state index in [1.165, 1.54) is 6.07 Å². The quantitative estimate of drug-likeness (QED) is 0.853. The molecule has 0 saturated heterocycles. The van der Waals surface area contributed by atoms with E-state index in [2.05, 4.69) is 5.32 Å². The maximum Gasteiger partial charge on any atom is 0.126 e. The Morgan fingerprint density at radius 2 is 1.76 bits per heavy atom. The lowest BCUT2D eigenvalue weighted by atomic mass is 10.0. The number of aliphatic hydroxyl groups is 1. The van der Waals surface area contributed by atoms with Gasteiger partial charge in [0.15, 0.2) is 0 Å². The van der Waals surface area contributed by atoms with Gasteiger partial charge in [0.25, 0.3) is 0 Å². The van der Waals surface area contributed by atoms with Crippen LogP contribution in [0.4, 0.5) is 4.39 Å². The molecule has 0 spiro atoms. The van der Waals surface area contributed by atoms with Gasteiger partial charge in [-0.05, 0) is 43.0 Å². The van der Waals surface area contributed by atoms with Gasteiger partial charge in [-0.3, -0.25) is 0 Å². The second-order valence-electron chi connectivity index (χ2n) is 5.48. The Balaban J connectivity index is 1.88. The van der Waals surface area contributed by atoms with Gasteiger partial charge in [0.05, 0.1) is 6.10 Å². The molecule has 2 N–H and O–H groups in total. The Morgan fingerprint density at radius 1 is 1.10 bits per heavy atom. The molecule has 0 aromatic heterocycles. The number of benzene rings is 2. The summed E-state index contributed by atoms with van der Waals surface area (Å²) in [4.78, 5) is 0. The molecule has 2 atom stereocenters. The van der Waals surface area contributed by atoms with E-state index in [9.17, 15) is 9.50 Å². The smallest absolute Gasteiger partial charge is 0.126 e. The molecule has 112 valence electrons. The van der Waals surface area contributed by atoms with Crippen LogP contribution in [0.15, 0.2) is 48.5 Å². The third-order valence-corrected chi connectivity index (χ3v) is 3.69. The zero-order valence-electron chi connectivity index (χ0n) is 12.5. The van der Waals surface area contributed by atoms with E-state index in [-0.39, 0.29) is 11.9 Å². The normalized spacial score (nSPS) is 13.9. The van der Waals surface area contributed by atoms with E-state index in [1.54, 1.807) is 12.1 Å². The fraction of sp³-hybridized carbons (Fsp3) is 0.333. The maximum atomic E-state index is 13.6. The average Bonchev–Trinajstić information content (AvgIpc) is 2.48. The van der Waals surface area contributed by atoms with Gasteiger partial charge in [-0.25, -0.2) is 4.39 Å². The molecule has 2 aromatic carbocycles. The highest BCUT2D eigenvalue weighted by molar-refractivity contribution is 5.27. The Bertz CT molecular complexity index is 585. The fourth-order valence-electron chi connectivity index (χ4n) is 2.45. The average molecular weight is 287 g/mol. The van der Waals surface area contributed by atoms with Crippen LogP contribution in [0, 0.1) is 12.7 Å². The molecule has 2 rings (SSSR count). The van der Waals surface area contributed by atoms with Crippen molar-refractivity contribution in [3.8, 4) is 0 Å². The van der Waals surface area contributed by atoms with Gasteiger partial charge in [-0.1, -0.05) is 42.5 Å². The maximum absolute atomic E-state index is 13.6. The topological polar surface area (TPSA) is 32.3 Å². The molecule has 3 heteroatoms. The Hall–Kier alpha value is -1.71. The van der Waals surface area contributed by atoms with E-state index < -0.39 is 6.10 Å². The lowest BCUT2D eigenvalue weighted by Gasteiger charge is -2.19. The number of hydrogen-bond donors (Lipinski definition) is 2. The summed E-state index contributed by atoms with van der Waals surface area (Å²) in [5.41, 5.74) is 2.71. The van der Waals surface area contributed by atoms with Crippen molar-refractivity contribution < 1.29 is 9.50 Å². The summed E-state index contributed by atoms with van der Waals surface area (Å²) in [6.07, 6.45) is 0.0574. The lowest BCUT2D eigenvalue weighted by Crippen LogP contribution is -2.32. The van der Waals surface area contributed by atoms with Crippen molar-refractivity contribution in [1.82, 2.24) is 5.32 Å². The standard InChI is InChI=1S/C18H22FNO/c1-13-7-3-5-9-16(13)18(21)12-20-14(2)11-15-8-4-6-10-17(15)19/h3-10,14,18,20-21H,11-12H2,1-2H3. The predicted octanol–water partition coefficient (Wildman–Crippen LogP) is 3.39. The Kier molecular flexibility index (Phi) is 5.48. The molecule has 0 aliphatic rings. The summed E-state index contributed by atoms with van der Waals surface area (Å²) in [5.74, 6) is -0.175. The van der Waals surface area contributed by atoms with Gasteiger partial charge in [0.2, 0.25) is 0 Å². The first-order chi connectivity index (χ1) is 10.1. The van der Waals surface area contributed by atoms with Crippen LogP contribution in [0.2, 0.25) is 0 Å². The van der Waals surface area contributed by atoms with E-state index >= 15 is 0 Å². The highest BCUT2D eigenvalue weighted by Gasteiger charge is 2.12. The van der Waals surface area contributed by atoms with E-state index in [0.29, 0.717) is 18.5 Å². The number of aliphatic hydroxyl groups excluding tert-OH is 1. The van der Waals surface area contributed by atoms with Gasteiger partial charge in [0, 0.05) is 12.6 Å². The Morgan fingerprint density at radius 3 is 2.48 bits per heavy atom. The summed E-state index contributed by atoms with van der Waals surface area (Å²) in [6, 6.07) is 14.7. The minimum absolute atomic E-state index is 0.0977. The monoisotopic (exact) mass is 287 g/mol. The minimum Gasteiger partial charge on any atom is -0.387 e. The second-order valence-corrected chi connectivity index (χ2v) is 5.48. The first kappa shape index (κ1) is 15.7. The summed E-state index contributed by atoms with van der Waals surface area (Å²) in [6.45, 7) is 4.44. The molecule has 0 fully saturated rings. The molecule has 2 nitrogen and oxygen atoms in total. The minimum atomic E-state index is -0.547. The zero-order chi connectivity index (χ0) is 15.2. The van der Waals surface area contributed by atoms with Crippen LogP contribution < -0.4 is 5.32 Å². The van der Waals surface area contributed by atoms with Gasteiger partial charge < -0.3 is 10.4 Å². The van der Waals surface area contributed by atoms with Gasteiger partial charge in [0.1, 0.15) is 5.82 Å². The fourth-order valence-corrected chi connectivity index (χ4v) is 2.45. The molecular weight excluding hydrogens is 265 g/mol. The van der Waals surface area contributed by atoms with Crippen LogP contribution in [-0.4, -0.2) is 17.7 Å². The molecular formula is C18H22FNO. The van der Waals surface area contributed by atoms with E-state index in [4.69, 9.17) is 0 Å². The van der Waals surface area contributed by atoms with Crippen molar-refractivity contribution in [2.24, 2.45) is 0 Å². The SMILES string of the molecule is Cc1ccccc1C(O)CNC(C)Cc1ccccc1F. The number of hydrogen-bond acceptors (Lipinski definition) is 2. The van der Waals surface area contributed by atoms with Crippen LogP contribution in [0.25, 0.3) is 0 Å². The predicted molar refractivity (Wildman–Crippen MR) is 83.7 cm³/mol. The third kappa shape index (κ3) is 4.38. The third-order valence-electron chi connectivity index (χ3n) is 3.69. The Labute approximate surface area is 125 Å². The largest absolute Gasteiger partial charge is 0.387 e. The van der Waals surface area contributed by atoms with Crippen LogP contribution in [-0.2, 0) is 6.42 Å². The highest BCUT2D eigenvalue weighted by Crippen LogP contribution is 2.16. The van der Waals surface area contributed by atoms with Crippen molar-refractivity contribution in [3.05, 3.63) is 71.0 Å². The summed E-state index contributed by atoms with van der Waals surface area (Å²) >= 11 is 0. The number of nitrogens with one attached hydrogen (secondary N) is 1.